The molecule has 1 aliphatic carbocycles. The lowest BCUT2D eigenvalue weighted by Gasteiger charge is -2.09. The molecular formula is C15H17BrN2S. The predicted molar refractivity (Wildman–Crippen MR) is 83.5 cm³/mol. The number of halogens is 1. The van der Waals surface area contributed by atoms with Crippen LogP contribution in [0.4, 0.5) is 0 Å². The van der Waals surface area contributed by atoms with Crippen molar-refractivity contribution < 1.29 is 0 Å². The molecule has 1 aliphatic rings. The van der Waals surface area contributed by atoms with Crippen molar-refractivity contribution in [2.45, 2.75) is 38.1 Å². The average molecular weight is 337 g/mol. The van der Waals surface area contributed by atoms with Gasteiger partial charge in [-0.05, 0) is 71.3 Å². The molecule has 1 atom stereocenters. The molecule has 0 radical (unpaired) electrons. The van der Waals surface area contributed by atoms with Gasteiger partial charge in [-0.25, -0.2) is 0 Å². The summed E-state index contributed by atoms with van der Waals surface area (Å²) in [4.78, 5) is 7.08. The van der Waals surface area contributed by atoms with Gasteiger partial charge in [-0.3, -0.25) is 4.98 Å². The first kappa shape index (κ1) is 13.3. The molecular weight excluding hydrogens is 320 g/mol. The van der Waals surface area contributed by atoms with Gasteiger partial charge in [0.25, 0.3) is 0 Å². The van der Waals surface area contributed by atoms with Gasteiger partial charge in [-0.15, -0.1) is 11.3 Å². The van der Waals surface area contributed by atoms with Gasteiger partial charge in [0.1, 0.15) is 0 Å². The summed E-state index contributed by atoms with van der Waals surface area (Å²) in [6, 6.07) is 4.52. The Morgan fingerprint density at radius 3 is 2.89 bits per heavy atom. The van der Waals surface area contributed by atoms with Gasteiger partial charge in [-0.2, -0.15) is 0 Å². The van der Waals surface area contributed by atoms with E-state index in [2.05, 4.69) is 33.0 Å². The quantitative estimate of drug-likeness (QED) is 0.918. The van der Waals surface area contributed by atoms with E-state index < -0.39 is 0 Å². The zero-order chi connectivity index (χ0) is 13.2. The van der Waals surface area contributed by atoms with Crippen LogP contribution in [0.25, 0.3) is 0 Å². The van der Waals surface area contributed by atoms with Crippen LogP contribution in [0.5, 0.6) is 0 Å². The Labute approximate surface area is 126 Å². The molecule has 2 nitrogen and oxygen atoms in total. The third-order valence-corrected chi connectivity index (χ3v) is 5.40. The van der Waals surface area contributed by atoms with Crippen molar-refractivity contribution in [3.8, 4) is 0 Å². The Morgan fingerprint density at radius 1 is 1.26 bits per heavy atom. The Kier molecular flexibility index (Phi) is 4.01. The third-order valence-electron chi connectivity index (χ3n) is 3.60. The lowest BCUT2D eigenvalue weighted by Crippen LogP contribution is -2.11. The number of pyridine rings is 1. The number of hydrogen-bond acceptors (Lipinski definition) is 3. The van der Waals surface area contributed by atoms with Crippen LogP contribution in [0, 0.1) is 0 Å². The lowest BCUT2D eigenvalue weighted by atomic mass is 9.98. The minimum atomic E-state index is 0.0895. The highest BCUT2D eigenvalue weighted by molar-refractivity contribution is 9.10. The van der Waals surface area contributed by atoms with Crippen LogP contribution in [0.3, 0.4) is 0 Å². The molecule has 2 aromatic heterocycles. The van der Waals surface area contributed by atoms with Gasteiger partial charge in [0, 0.05) is 32.7 Å². The molecule has 0 aliphatic heterocycles. The smallest absolute Gasteiger partial charge is 0.0431 e. The molecule has 1 unspecified atom stereocenters. The molecule has 0 spiro atoms. The standard InChI is InChI=1S/C15H17BrN2S/c16-12-5-10(8-18-9-12)6-13(17)15-7-11-3-1-2-4-14(11)19-15/h5,7-9,13H,1-4,6,17H2. The van der Waals surface area contributed by atoms with E-state index in [9.17, 15) is 0 Å². The molecule has 0 fully saturated rings. The first-order chi connectivity index (χ1) is 9.22. The summed E-state index contributed by atoms with van der Waals surface area (Å²) < 4.78 is 1.02. The summed E-state index contributed by atoms with van der Waals surface area (Å²) in [5.41, 5.74) is 9.08. The summed E-state index contributed by atoms with van der Waals surface area (Å²) in [7, 11) is 0. The topological polar surface area (TPSA) is 38.9 Å². The second-order valence-corrected chi connectivity index (χ2v) is 7.21. The van der Waals surface area contributed by atoms with E-state index in [1.807, 2.05) is 17.5 Å². The number of aromatic nitrogens is 1. The van der Waals surface area contributed by atoms with Crippen molar-refractivity contribution in [3.63, 3.8) is 0 Å². The minimum Gasteiger partial charge on any atom is -0.323 e. The number of hydrogen-bond donors (Lipinski definition) is 1. The minimum absolute atomic E-state index is 0.0895. The second-order valence-electron chi connectivity index (χ2n) is 5.13. The number of thiophene rings is 1. The number of aryl methyl sites for hydroxylation is 2. The van der Waals surface area contributed by atoms with Crippen LogP contribution in [-0.2, 0) is 19.3 Å². The van der Waals surface area contributed by atoms with E-state index in [4.69, 9.17) is 5.73 Å². The average Bonchev–Trinajstić information content (AvgIpc) is 2.82. The monoisotopic (exact) mass is 336 g/mol. The van der Waals surface area contributed by atoms with Crippen LogP contribution >= 0.6 is 27.3 Å². The van der Waals surface area contributed by atoms with Crippen molar-refractivity contribution in [3.05, 3.63) is 49.9 Å². The van der Waals surface area contributed by atoms with Gasteiger partial charge in [0.05, 0.1) is 0 Å². The molecule has 19 heavy (non-hydrogen) atoms. The third kappa shape index (κ3) is 3.07. The summed E-state index contributed by atoms with van der Waals surface area (Å²) >= 11 is 5.36. The fourth-order valence-corrected chi connectivity index (χ4v) is 4.29. The van der Waals surface area contributed by atoms with Gasteiger partial charge < -0.3 is 5.73 Å². The highest BCUT2D eigenvalue weighted by Crippen LogP contribution is 2.33. The Bertz CT molecular complexity index is 556. The fourth-order valence-electron chi connectivity index (χ4n) is 2.62. The SMILES string of the molecule is NC(Cc1cncc(Br)c1)c1cc2c(s1)CCCC2. The lowest BCUT2D eigenvalue weighted by molar-refractivity contribution is 0.695. The van der Waals surface area contributed by atoms with E-state index in [-0.39, 0.29) is 6.04 Å². The maximum absolute atomic E-state index is 6.36. The highest BCUT2D eigenvalue weighted by atomic mass is 79.9. The van der Waals surface area contributed by atoms with E-state index in [0.717, 1.165) is 10.9 Å². The molecule has 0 amide bonds. The summed E-state index contributed by atoms with van der Waals surface area (Å²) in [5.74, 6) is 0. The van der Waals surface area contributed by atoms with Crippen molar-refractivity contribution in [1.29, 1.82) is 0 Å². The first-order valence-electron chi connectivity index (χ1n) is 6.69. The number of nitrogens with zero attached hydrogens (tertiary/aromatic N) is 1. The summed E-state index contributed by atoms with van der Waals surface area (Å²) in [6.45, 7) is 0. The zero-order valence-corrected chi connectivity index (χ0v) is 13.1. The molecule has 4 heteroatoms. The molecule has 0 aromatic carbocycles. The zero-order valence-electron chi connectivity index (χ0n) is 10.7. The molecule has 0 saturated heterocycles. The van der Waals surface area contributed by atoms with E-state index in [0.29, 0.717) is 0 Å². The van der Waals surface area contributed by atoms with Crippen molar-refractivity contribution in [2.24, 2.45) is 5.73 Å². The normalized spacial score (nSPS) is 16.1. The summed E-state index contributed by atoms with van der Waals surface area (Å²) in [6.07, 6.45) is 9.69. The van der Waals surface area contributed by atoms with Gasteiger partial charge in [0.15, 0.2) is 0 Å². The molecule has 2 heterocycles. The summed E-state index contributed by atoms with van der Waals surface area (Å²) in [5, 5.41) is 0. The molecule has 0 saturated carbocycles. The molecule has 0 bridgehead atoms. The molecule has 2 aromatic rings. The highest BCUT2D eigenvalue weighted by Gasteiger charge is 2.17. The molecule has 2 N–H and O–H groups in total. The van der Waals surface area contributed by atoms with Crippen molar-refractivity contribution in [2.75, 3.05) is 0 Å². The van der Waals surface area contributed by atoms with Crippen LogP contribution in [0.2, 0.25) is 0 Å². The maximum atomic E-state index is 6.36. The first-order valence-corrected chi connectivity index (χ1v) is 8.30. The van der Waals surface area contributed by atoms with Crippen LogP contribution < -0.4 is 5.73 Å². The Balaban J connectivity index is 1.76. The fraction of sp³-hybridized carbons (Fsp3) is 0.400. The number of fused-ring (bicyclic) bond motifs is 1. The maximum Gasteiger partial charge on any atom is 0.0431 e. The Morgan fingerprint density at radius 2 is 2.11 bits per heavy atom. The largest absolute Gasteiger partial charge is 0.323 e. The van der Waals surface area contributed by atoms with Gasteiger partial charge >= 0.3 is 0 Å². The predicted octanol–water partition coefficient (Wildman–Crippen LogP) is 4.03. The van der Waals surface area contributed by atoms with Gasteiger partial charge in [-0.1, -0.05) is 0 Å². The van der Waals surface area contributed by atoms with Crippen LogP contribution in [0.15, 0.2) is 29.0 Å². The van der Waals surface area contributed by atoms with E-state index in [1.54, 1.807) is 11.1 Å². The molecule has 100 valence electrons. The van der Waals surface area contributed by atoms with Crippen LogP contribution in [0.1, 0.15) is 39.8 Å². The van der Waals surface area contributed by atoms with Crippen LogP contribution in [-0.4, -0.2) is 4.98 Å². The second kappa shape index (κ2) is 5.73. The Hall–Kier alpha value is -0.710. The van der Waals surface area contributed by atoms with E-state index in [1.165, 1.54) is 41.7 Å². The number of nitrogens with two attached hydrogens (primary N) is 1. The van der Waals surface area contributed by atoms with Gasteiger partial charge in [0.2, 0.25) is 0 Å². The molecule has 3 rings (SSSR count). The van der Waals surface area contributed by atoms with E-state index >= 15 is 0 Å². The van der Waals surface area contributed by atoms with Crippen molar-refractivity contribution >= 4 is 27.3 Å². The number of rotatable bonds is 3. The van der Waals surface area contributed by atoms with Crippen molar-refractivity contribution in [1.82, 2.24) is 4.98 Å².